The molecule has 0 radical (unpaired) electrons. The van der Waals surface area contributed by atoms with E-state index >= 15 is 0 Å². The highest BCUT2D eigenvalue weighted by Gasteiger charge is 2.37. The summed E-state index contributed by atoms with van der Waals surface area (Å²) < 4.78 is 0.674. The van der Waals surface area contributed by atoms with E-state index in [9.17, 15) is 14.7 Å². The van der Waals surface area contributed by atoms with Crippen LogP contribution in [0.5, 0.6) is 5.75 Å². The van der Waals surface area contributed by atoms with Gasteiger partial charge in [0.15, 0.2) is 0 Å². The third kappa shape index (κ3) is 3.30. The number of carboxylic acids is 1. The molecule has 1 saturated carbocycles. The quantitative estimate of drug-likeness (QED) is 0.785. The minimum atomic E-state index is -0.924. The van der Waals surface area contributed by atoms with Gasteiger partial charge in [0.2, 0.25) is 0 Å². The summed E-state index contributed by atoms with van der Waals surface area (Å²) in [5, 5.41) is 21.6. The lowest BCUT2D eigenvalue weighted by Gasteiger charge is -2.28. The van der Waals surface area contributed by atoms with Crippen molar-refractivity contribution in [3.05, 3.63) is 28.2 Å². The van der Waals surface area contributed by atoms with Crippen molar-refractivity contribution >= 4 is 27.8 Å². The highest BCUT2D eigenvalue weighted by atomic mass is 79.9. The standard InChI is InChI=1S/C14H16BrNO4/c15-9-3-4-10(11(17)7-9)13(20)16-14(8-12(18)19)5-1-2-6-14/h3-4,7,17H,1-2,5-6,8H2,(H,16,20)(H,18,19). The molecule has 1 aliphatic rings. The maximum atomic E-state index is 12.2. The van der Waals surface area contributed by atoms with Gasteiger partial charge in [0.25, 0.3) is 5.91 Å². The molecule has 1 aliphatic carbocycles. The average molecular weight is 342 g/mol. The van der Waals surface area contributed by atoms with Gasteiger partial charge < -0.3 is 15.5 Å². The van der Waals surface area contributed by atoms with Gasteiger partial charge in [-0.2, -0.15) is 0 Å². The van der Waals surface area contributed by atoms with Gasteiger partial charge in [0.1, 0.15) is 5.75 Å². The van der Waals surface area contributed by atoms with Gasteiger partial charge >= 0.3 is 5.97 Å². The lowest BCUT2D eigenvalue weighted by molar-refractivity contribution is -0.138. The zero-order valence-corrected chi connectivity index (χ0v) is 12.4. The normalized spacial score (nSPS) is 16.9. The van der Waals surface area contributed by atoms with Crippen LogP contribution in [0.2, 0.25) is 0 Å². The summed E-state index contributed by atoms with van der Waals surface area (Å²) in [6.45, 7) is 0. The molecule has 0 heterocycles. The van der Waals surface area contributed by atoms with Crippen molar-refractivity contribution in [2.24, 2.45) is 0 Å². The Hall–Kier alpha value is -1.56. The molecule has 0 spiro atoms. The Bertz CT molecular complexity index is 538. The number of rotatable bonds is 4. The Balaban J connectivity index is 2.18. The monoisotopic (exact) mass is 341 g/mol. The molecular weight excluding hydrogens is 326 g/mol. The van der Waals surface area contributed by atoms with E-state index in [4.69, 9.17) is 5.11 Å². The van der Waals surface area contributed by atoms with E-state index < -0.39 is 17.4 Å². The summed E-state index contributed by atoms with van der Waals surface area (Å²) in [6, 6.07) is 4.61. The largest absolute Gasteiger partial charge is 0.507 e. The predicted octanol–water partition coefficient (Wildman–Crippen LogP) is 2.67. The second-order valence-electron chi connectivity index (χ2n) is 5.17. The molecule has 0 bridgehead atoms. The van der Waals surface area contributed by atoms with Crippen molar-refractivity contribution in [1.29, 1.82) is 0 Å². The van der Waals surface area contributed by atoms with Crippen LogP contribution in [0, 0.1) is 0 Å². The number of carboxylic acid groups (broad SMARTS) is 1. The van der Waals surface area contributed by atoms with E-state index in [-0.39, 0.29) is 17.7 Å². The molecule has 1 aromatic carbocycles. The fourth-order valence-corrected chi connectivity index (χ4v) is 3.04. The maximum absolute atomic E-state index is 12.2. The third-order valence-corrected chi connectivity index (χ3v) is 4.13. The summed E-state index contributed by atoms with van der Waals surface area (Å²) in [6.07, 6.45) is 3.03. The van der Waals surface area contributed by atoms with Gasteiger partial charge in [0, 0.05) is 4.47 Å². The van der Waals surface area contributed by atoms with Gasteiger partial charge in [-0.15, -0.1) is 0 Å². The first-order chi connectivity index (χ1) is 9.42. The Morgan fingerprint density at radius 3 is 2.50 bits per heavy atom. The molecule has 0 saturated heterocycles. The first-order valence-corrected chi connectivity index (χ1v) is 7.24. The van der Waals surface area contributed by atoms with Gasteiger partial charge in [0.05, 0.1) is 17.5 Å². The Morgan fingerprint density at radius 2 is 1.95 bits per heavy atom. The number of phenolic OH excluding ortho intramolecular Hbond substituents is 1. The molecule has 5 nitrogen and oxygen atoms in total. The minimum Gasteiger partial charge on any atom is -0.507 e. The van der Waals surface area contributed by atoms with Crippen LogP contribution >= 0.6 is 15.9 Å². The number of hydrogen-bond acceptors (Lipinski definition) is 3. The molecule has 1 amide bonds. The first kappa shape index (κ1) is 14.8. The molecule has 108 valence electrons. The van der Waals surface area contributed by atoms with Gasteiger partial charge in [-0.3, -0.25) is 9.59 Å². The van der Waals surface area contributed by atoms with Crippen LogP contribution in [0.25, 0.3) is 0 Å². The fraction of sp³-hybridized carbons (Fsp3) is 0.429. The van der Waals surface area contributed by atoms with Crippen LogP contribution < -0.4 is 5.32 Å². The van der Waals surface area contributed by atoms with Crippen LogP contribution in [0.3, 0.4) is 0 Å². The molecule has 1 fully saturated rings. The highest BCUT2D eigenvalue weighted by molar-refractivity contribution is 9.10. The van der Waals surface area contributed by atoms with Crippen molar-refractivity contribution < 1.29 is 19.8 Å². The van der Waals surface area contributed by atoms with Crippen LogP contribution in [-0.4, -0.2) is 27.6 Å². The molecular formula is C14H16BrNO4. The van der Waals surface area contributed by atoms with Gasteiger partial charge in [-0.25, -0.2) is 0 Å². The topological polar surface area (TPSA) is 86.6 Å². The summed E-state index contributed by atoms with van der Waals surface area (Å²) in [7, 11) is 0. The number of phenols is 1. The minimum absolute atomic E-state index is 0.0873. The third-order valence-electron chi connectivity index (χ3n) is 3.63. The van der Waals surface area contributed by atoms with Crippen molar-refractivity contribution in [2.45, 2.75) is 37.6 Å². The van der Waals surface area contributed by atoms with Gasteiger partial charge in [-0.1, -0.05) is 28.8 Å². The Kier molecular flexibility index (Phi) is 4.32. The number of amides is 1. The molecule has 0 unspecified atom stereocenters. The van der Waals surface area contributed by atoms with Crippen LogP contribution in [-0.2, 0) is 4.79 Å². The molecule has 0 aliphatic heterocycles. The second kappa shape index (κ2) is 5.83. The second-order valence-corrected chi connectivity index (χ2v) is 6.09. The zero-order valence-electron chi connectivity index (χ0n) is 10.9. The summed E-state index contributed by atoms with van der Waals surface area (Å²) in [5.74, 6) is -1.48. The summed E-state index contributed by atoms with van der Waals surface area (Å²) in [4.78, 5) is 23.2. The van der Waals surface area contributed by atoms with Crippen molar-refractivity contribution in [2.75, 3.05) is 0 Å². The lowest BCUT2D eigenvalue weighted by atomic mass is 9.92. The smallest absolute Gasteiger partial charge is 0.305 e. The van der Waals surface area contributed by atoms with E-state index in [0.29, 0.717) is 17.3 Å². The van der Waals surface area contributed by atoms with E-state index in [1.54, 1.807) is 6.07 Å². The SMILES string of the molecule is O=C(O)CC1(NC(=O)c2ccc(Br)cc2O)CCCC1. The number of halogens is 1. The fourth-order valence-electron chi connectivity index (χ4n) is 2.69. The maximum Gasteiger partial charge on any atom is 0.305 e. The Morgan fingerprint density at radius 1 is 1.30 bits per heavy atom. The van der Waals surface area contributed by atoms with Crippen molar-refractivity contribution in [3.63, 3.8) is 0 Å². The van der Waals surface area contributed by atoms with Crippen LogP contribution in [0.15, 0.2) is 22.7 Å². The number of nitrogens with one attached hydrogen (secondary N) is 1. The molecule has 6 heteroatoms. The number of carbonyl (C=O) groups is 2. The van der Waals surface area contributed by atoms with Crippen molar-refractivity contribution in [3.8, 4) is 5.75 Å². The first-order valence-electron chi connectivity index (χ1n) is 6.45. The van der Waals surface area contributed by atoms with Crippen LogP contribution in [0.1, 0.15) is 42.5 Å². The molecule has 3 N–H and O–H groups in total. The predicted molar refractivity (Wildman–Crippen MR) is 76.7 cm³/mol. The van der Waals surface area contributed by atoms with E-state index in [0.717, 1.165) is 12.8 Å². The number of aliphatic carboxylic acids is 1. The lowest BCUT2D eigenvalue weighted by Crippen LogP contribution is -2.47. The molecule has 2 rings (SSSR count). The molecule has 20 heavy (non-hydrogen) atoms. The summed E-state index contributed by atoms with van der Waals surface area (Å²) >= 11 is 3.21. The van der Waals surface area contributed by atoms with Crippen LogP contribution in [0.4, 0.5) is 0 Å². The zero-order chi connectivity index (χ0) is 14.8. The summed E-state index contributed by atoms with van der Waals surface area (Å²) in [5.41, 5.74) is -0.535. The molecule has 0 atom stereocenters. The number of aromatic hydroxyl groups is 1. The number of hydrogen-bond donors (Lipinski definition) is 3. The van der Waals surface area contributed by atoms with Gasteiger partial charge in [-0.05, 0) is 31.0 Å². The van der Waals surface area contributed by atoms with E-state index in [2.05, 4.69) is 21.2 Å². The number of carbonyl (C=O) groups excluding carboxylic acids is 1. The van der Waals surface area contributed by atoms with E-state index in [1.165, 1.54) is 12.1 Å². The van der Waals surface area contributed by atoms with Crippen molar-refractivity contribution in [1.82, 2.24) is 5.32 Å². The van der Waals surface area contributed by atoms with E-state index in [1.807, 2.05) is 0 Å². The number of benzene rings is 1. The molecule has 1 aromatic rings. The highest BCUT2D eigenvalue weighted by Crippen LogP contribution is 2.33. The average Bonchev–Trinajstić information content (AvgIpc) is 2.75. The Labute approximate surface area is 125 Å². The molecule has 0 aromatic heterocycles.